The third kappa shape index (κ3) is 5.22. The maximum Gasteiger partial charge on any atom is 0.309 e. The van der Waals surface area contributed by atoms with Crippen molar-refractivity contribution >= 4 is 17.8 Å². The van der Waals surface area contributed by atoms with E-state index in [1.807, 2.05) is 39.0 Å². The second kappa shape index (κ2) is 8.47. The first-order chi connectivity index (χ1) is 13.7. The number of fused-ring (bicyclic) bond motifs is 1. The van der Waals surface area contributed by atoms with Crippen LogP contribution in [0.2, 0.25) is 0 Å². The van der Waals surface area contributed by atoms with Gasteiger partial charge in [-0.1, -0.05) is 24.3 Å². The molecule has 1 aliphatic heterocycles. The lowest BCUT2D eigenvalue weighted by Gasteiger charge is -2.19. The van der Waals surface area contributed by atoms with Crippen LogP contribution in [0.15, 0.2) is 48.5 Å². The molecule has 2 aromatic rings. The van der Waals surface area contributed by atoms with Gasteiger partial charge < -0.3 is 9.47 Å². The molecule has 0 saturated heterocycles. The predicted octanol–water partition coefficient (Wildman–Crippen LogP) is 3.64. The van der Waals surface area contributed by atoms with Gasteiger partial charge in [-0.05, 0) is 57.0 Å². The molecule has 0 unspecified atom stereocenters. The number of imide groups is 1. The lowest BCUT2D eigenvalue weighted by atomic mass is 10.1. The summed E-state index contributed by atoms with van der Waals surface area (Å²) < 4.78 is 10.9. The van der Waals surface area contributed by atoms with E-state index in [0.29, 0.717) is 29.8 Å². The van der Waals surface area contributed by atoms with Crippen molar-refractivity contribution in [1.29, 1.82) is 0 Å². The Morgan fingerprint density at radius 2 is 1.62 bits per heavy atom. The summed E-state index contributed by atoms with van der Waals surface area (Å²) in [6.45, 7) is 5.99. The molecule has 6 nitrogen and oxygen atoms in total. The number of ether oxygens (including phenoxy) is 2. The standard InChI is InChI=1S/C23H25NO5/c1-23(2,3)29-20(25)12-14-28-17-8-6-7-16(15-17)11-13-24-21(26)18-9-4-5-10-19(18)22(24)27/h4-10,15H,11-14H2,1-3H3. The topological polar surface area (TPSA) is 72.9 Å². The first-order valence-electron chi connectivity index (χ1n) is 9.63. The van der Waals surface area contributed by atoms with Crippen LogP contribution in [0.5, 0.6) is 5.75 Å². The third-order valence-electron chi connectivity index (χ3n) is 4.40. The highest BCUT2D eigenvalue weighted by atomic mass is 16.6. The van der Waals surface area contributed by atoms with Crippen LogP contribution in [0, 0.1) is 0 Å². The van der Waals surface area contributed by atoms with Crippen molar-refractivity contribution < 1.29 is 23.9 Å². The highest BCUT2D eigenvalue weighted by molar-refractivity contribution is 6.21. The normalized spacial score (nSPS) is 13.4. The minimum atomic E-state index is -0.513. The number of carbonyl (C=O) groups excluding carboxylic acids is 3. The van der Waals surface area contributed by atoms with Crippen molar-refractivity contribution in [2.24, 2.45) is 0 Å². The van der Waals surface area contributed by atoms with E-state index in [4.69, 9.17) is 9.47 Å². The van der Waals surface area contributed by atoms with E-state index >= 15 is 0 Å². The van der Waals surface area contributed by atoms with Gasteiger partial charge in [-0.15, -0.1) is 0 Å². The van der Waals surface area contributed by atoms with Crippen molar-refractivity contribution in [1.82, 2.24) is 4.90 Å². The van der Waals surface area contributed by atoms with Crippen molar-refractivity contribution in [2.75, 3.05) is 13.2 Å². The summed E-state index contributed by atoms with van der Waals surface area (Å²) in [5.74, 6) is -0.182. The molecule has 0 radical (unpaired) electrons. The number of rotatable bonds is 7. The molecule has 0 aliphatic carbocycles. The van der Waals surface area contributed by atoms with Crippen LogP contribution in [0.4, 0.5) is 0 Å². The Hall–Kier alpha value is -3.15. The first-order valence-corrected chi connectivity index (χ1v) is 9.63. The quantitative estimate of drug-likeness (QED) is 0.529. The average Bonchev–Trinajstić information content (AvgIpc) is 2.90. The molecule has 152 valence electrons. The second-order valence-electron chi connectivity index (χ2n) is 7.89. The summed E-state index contributed by atoms with van der Waals surface area (Å²) in [5, 5.41) is 0. The molecule has 1 aliphatic rings. The molecule has 3 rings (SSSR count). The number of hydrogen-bond acceptors (Lipinski definition) is 5. The fourth-order valence-corrected chi connectivity index (χ4v) is 3.12. The van der Waals surface area contributed by atoms with Crippen LogP contribution in [0.25, 0.3) is 0 Å². The summed E-state index contributed by atoms with van der Waals surface area (Å²) in [6.07, 6.45) is 0.686. The third-order valence-corrected chi connectivity index (χ3v) is 4.40. The molecule has 2 aromatic carbocycles. The maximum absolute atomic E-state index is 12.4. The number of hydrogen-bond donors (Lipinski definition) is 0. The Morgan fingerprint density at radius 3 is 2.24 bits per heavy atom. The summed E-state index contributed by atoms with van der Waals surface area (Å²) in [6, 6.07) is 14.3. The Bertz CT molecular complexity index is 894. The van der Waals surface area contributed by atoms with Gasteiger partial charge in [-0.3, -0.25) is 19.3 Å². The summed E-state index contributed by atoms with van der Waals surface area (Å²) in [7, 11) is 0. The summed E-state index contributed by atoms with van der Waals surface area (Å²) >= 11 is 0. The molecule has 0 N–H and O–H groups in total. The zero-order valence-electron chi connectivity index (χ0n) is 16.9. The van der Waals surface area contributed by atoms with E-state index in [1.54, 1.807) is 30.3 Å². The number of amides is 2. The van der Waals surface area contributed by atoms with E-state index in [0.717, 1.165) is 5.56 Å². The van der Waals surface area contributed by atoms with Crippen LogP contribution in [0.1, 0.15) is 53.5 Å². The van der Waals surface area contributed by atoms with Gasteiger partial charge in [0.25, 0.3) is 11.8 Å². The number of esters is 1. The fourth-order valence-electron chi connectivity index (χ4n) is 3.12. The van der Waals surface area contributed by atoms with Gasteiger partial charge in [-0.25, -0.2) is 0 Å². The molecule has 0 fully saturated rings. The number of carbonyl (C=O) groups is 3. The minimum Gasteiger partial charge on any atom is -0.493 e. The van der Waals surface area contributed by atoms with Crippen molar-refractivity contribution in [2.45, 2.75) is 39.2 Å². The molecule has 0 aromatic heterocycles. The predicted molar refractivity (Wildman–Crippen MR) is 108 cm³/mol. The molecule has 0 bridgehead atoms. The van der Waals surface area contributed by atoms with Gasteiger partial charge >= 0.3 is 5.97 Å². The van der Waals surface area contributed by atoms with Crippen molar-refractivity contribution in [3.63, 3.8) is 0 Å². The van der Waals surface area contributed by atoms with Gasteiger partial charge in [0, 0.05) is 6.54 Å². The Balaban J connectivity index is 1.52. The fraction of sp³-hybridized carbons (Fsp3) is 0.348. The lowest BCUT2D eigenvalue weighted by Crippen LogP contribution is -2.31. The largest absolute Gasteiger partial charge is 0.493 e. The van der Waals surface area contributed by atoms with Gasteiger partial charge in [-0.2, -0.15) is 0 Å². The summed E-state index contributed by atoms with van der Waals surface area (Å²) in [4.78, 5) is 37.9. The van der Waals surface area contributed by atoms with Crippen molar-refractivity contribution in [3.05, 3.63) is 65.2 Å². The van der Waals surface area contributed by atoms with Crippen LogP contribution in [-0.2, 0) is 16.0 Å². The summed E-state index contributed by atoms with van der Waals surface area (Å²) in [5.41, 5.74) is 1.34. The van der Waals surface area contributed by atoms with Crippen LogP contribution >= 0.6 is 0 Å². The van der Waals surface area contributed by atoms with Crippen LogP contribution in [0.3, 0.4) is 0 Å². The van der Waals surface area contributed by atoms with Gasteiger partial charge in [0.2, 0.25) is 0 Å². The van der Waals surface area contributed by atoms with E-state index in [9.17, 15) is 14.4 Å². The lowest BCUT2D eigenvalue weighted by molar-refractivity contribution is -0.155. The van der Waals surface area contributed by atoms with E-state index in [1.165, 1.54) is 4.90 Å². The van der Waals surface area contributed by atoms with Crippen molar-refractivity contribution in [3.8, 4) is 5.75 Å². The number of nitrogens with zero attached hydrogens (tertiary/aromatic N) is 1. The van der Waals surface area contributed by atoms with Crippen LogP contribution in [-0.4, -0.2) is 41.4 Å². The van der Waals surface area contributed by atoms with Gasteiger partial charge in [0.1, 0.15) is 11.4 Å². The minimum absolute atomic E-state index is 0.163. The highest BCUT2D eigenvalue weighted by Crippen LogP contribution is 2.23. The zero-order valence-corrected chi connectivity index (χ0v) is 16.9. The molecular weight excluding hydrogens is 370 g/mol. The van der Waals surface area contributed by atoms with E-state index in [-0.39, 0.29) is 30.8 Å². The zero-order chi connectivity index (χ0) is 21.0. The SMILES string of the molecule is CC(C)(C)OC(=O)CCOc1cccc(CCN2C(=O)c3ccccc3C2=O)c1. The Labute approximate surface area is 170 Å². The molecule has 0 spiro atoms. The molecule has 0 saturated carbocycles. The van der Waals surface area contributed by atoms with Gasteiger partial charge in [0.15, 0.2) is 0 Å². The van der Waals surface area contributed by atoms with Gasteiger partial charge in [0.05, 0.1) is 24.2 Å². The molecule has 1 heterocycles. The first kappa shape index (κ1) is 20.6. The second-order valence-corrected chi connectivity index (χ2v) is 7.89. The maximum atomic E-state index is 12.4. The average molecular weight is 395 g/mol. The Morgan fingerprint density at radius 1 is 0.966 bits per heavy atom. The molecule has 2 amide bonds. The molecule has 6 heteroatoms. The van der Waals surface area contributed by atoms with E-state index in [2.05, 4.69) is 0 Å². The molecule has 0 atom stereocenters. The van der Waals surface area contributed by atoms with E-state index < -0.39 is 5.60 Å². The Kier molecular flexibility index (Phi) is 6.01. The molecule has 29 heavy (non-hydrogen) atoms. The monoisotopic (exact) mass is 395 g/mol. The number of benzene rings is 2. The smallest absolute Gasteiger partial charge is 0.309 e. The molecular formula is C23H25NO5. The highest BCUT2D eigenvalue weighted by Gasteiger charge is 2.34. The van der Waals surface area contributed by atoms with Crippen LogP contribution < -0.4 is 4.74 Å².